The summed E-state index contributed by atoms with van der Waals surface area (Å²) in [4.78, 5) is 0. The summed E-state index contributed by atoms with van der Waals surface area (Å²) in [5, 5.41) is 0. The quantitative estimate of drug-likeness (QED) is 0.489. The topological polar surface area (TPSA) is 9.23 Å². The molecule has 0 fully saturated rings. The maximum absolute atomic E-state index is 6.32. The molecule has 1 atom stereocenters. The van der Waals surface area contributed by atoms with Crippen molar-refractivity contribution in [2.45, 2.75) is 58.9 Å². The van der Waals surface area contributed by atoms with Gasteiger partial charge in [0.15, 0.2) is 8.32 Å². The summed E-state index contributed by atoms with van der Waals surface area (Å²) in [5.74, 6) is 0.689. The van der Waals surface area contributed by atoms with Gasteiger partial charge in [0.2, 0.25) is 0 Å². The van der Waals surface area contributed by atoms with Crippen molar-refractivity contribution >= 4 is 30.9 Å². The third-order valence-corrected chi connectivity index (χ3v) is 3.65. The predicted molar refractivity (Wildman–Crippen MR) is 80.1 cm³/mol. The SMILES string of the molecule is CC(C)CC(C)(C/C=C/I)O[Si](C)(C)C. The van der Waals surface area contributed by atoms with Crippen LogP contribution in [0.15, 0.2) is 10.2 Å². The normalized spacial score (nSPS) is 17.3. The Hall–Kier alpha value is 0.647. The first-order valence-electron chi connectivity index (χ1n) is 5.64. The Labute approximate surface area is 110 Å². The van der Waals surface area contributed by atoms with Crippen molar-refractivity contribution in [1.29, 1.82) is 0 Å². The van der Waals surface area contributed by atoms with Gasteiger partial charge in [-0.15, -0.1) is 0 Å². The third-order valence-electron chi connectivity index (χ3n) is 2.03. The molecule has 0 bridgehead atoms. The Morgan fingerprint density at radius 1 is 1.33 bits per heavy atom. The smallest absolute Gasteiger partial charge is 0.184 e. The molecule has 1 unspecified atom stereocenters. The summed E-state index contributed by atoms with van der Waals surface area (Å²) in [6.45, 7) is 13.6. The molecular weight excluding hydrogens is 315 g/mol. The van der Waals surface area contributed by atoms with Gasteiger partial charge in [0.1, 0.15) is 0 Å². The Kier molecular flexibility index (Phi) is 6.67. The van der Waals surface area contributed by atoms with E-state index in [1.807, 2.05) is 0 Å². The zero-order valence-electron chi connectivity index (χ0n) is 10.9. The maximum Gasteiger partial charge on any atom is 0.184 e. The van der Waals surface area contributed by atoms with Gasteiger partial charge < -0.3 is 4.43 Å². The second-order valence-electron chi connectivity index (χ2n) is 5.83. The van der Waals surface area contributed by atoms with Crippen LogP contribution in [0.25, 0.3) is 0 Å². The van der Waals surface area contributed by atoms with Gasteiger partial charge in [0.05, 0.1) is 5.60 Å². The van der Waals surface area contributed by atoms with Gasteiger partial charge in [-0.1, -0.05) is 42.5 Å². The van der Waals surface area contributed by atoms with Crippen LogP contribution < -0.4 is 0 Å². The van der Waals surface area contributed by atoms with E-state index in [2.05, 4.69) is 73.2 Å². The molecule has 0 saturated carbocycles. The molecule has 0 saturated heterocycles. The molecule has 0 aliphatic heterocycles. The molecule has 0 N–H and O–H groups in total. The molecule has 3 heteroatoms. The Bertz CT molecular complexity index is 208. The van der Waals surface area contributed by atoms with Crippen LogP contribution in [0, 0.1) is 5.92 Å². The molecule has 0 radical (unpaired) electrons. The molecule has 0 aromatic heterocycles. The second kappa shape index (κ2) is 6.40. The third kappa shape index (κ3) is 8.45. The Balaban J connectivity index is 4.54. The van der Waals surface area contributed by atoms with Gasteiger partial charge in [-0.25, -0.2) is 0 Å². The number of hydrogen-bond donors (Lipinski definition) is 0. The van der Waals surface area contributed by atoms with E-state index >= 15 is 0 Å². The summed E-state index contributed by atoms with van der Waals surface area (Å²) >= 11 is 2.27. The minimum atomic E-state index is -1.45. The van der Waals surface area contributed by atoms with Crippen molar-refractivity contribution in [1.82, 2.24) is 0 Å². The van der Waals surface area contributed by atoms with Gasteiger partial charge in [-0.2, -0.15) is 0 Å². The average Bonchev–Trinajstić information content (AvgIpc) is 1.95. The lowest BCUT2D eigenvalue weighted by molar-refractivity contribution is 0.0608. The van der Waals surface area contributed by atoms with E-state index in [0.717, 1.165) is 12.8 Å². The van der Waals surface area contributed by atoms with Crippen LogP contribution in [0.5, 0.6) is 0 Å². The first kappa shape index (κ1) is 15.6. The molecule has 90 valence electrons. The van der Waals surface area contributed by atoms with Crippen molar-refractivity contribution in [2.75, 3.05) is 0 Å². The fourth-order valence-corrected chi connectivity index (χ4v) is 3.96. The van der Waals surface area contributed by atoms with Crippen molar-refractivity contribution in [3.05, 3.63) is 10.2 Å². The summed E-state index contributed by atoms with van der Waals surface area (Å²) in [6, 6.07) is 0. The lowest BCUT2D eigenvalue weighted by Crippen LogP contribution is -2.41. The molecule has 1 nitrogen and oxygen atoms in total. The highest BCUT2D eigenvalue weighted by Gasteiger charge is 2.31. The fourth-order valence-electron chi connectivity index (χ4n) is 2.06. The standard InChI is InChI=1S/C12H25IOSi/c1-11(2)10-12(3,8-7-9-13)14-15(4,5)6/h7,9,11H,8,10H2,1-6H3/b9-7+. The largest absolute Gasteiger partial charge is 0.412 e. The van der Waals surface area contributed by atoms with Gasteiger partial charge in [0.25, 0.3) is 0 Å². The summed E-state index contributed by atoms with van der Waals surface area (Å²) in [5.41, 5.74) is 0.0281. The average molecular weight is 340 g/mol. The van der Waals surface area contributed by atoms with E-state index in [1.165, 1.54) is 0 Å². The highest BCUT2D eigenvalue weighted by atomic mass is 127. The lowest BCUT2D eigenvalue weighted by atomic mass is 9.91. The van der Waals surface area contributed by atoms with Crippen LogP contribution in [0.2, 0.25) is 19.6 Å². The monoisotopic (exact) mass is 340 g/mol. The Morgan fingerprint density at radius 3 is 2.20 bits per heavy atom. The summed E-state index contributed by atoms with van der Waals surface area (Å²) in [7, 11) is -1.45. The van der Waals surface area contributed by atoms with E-state index in [1.54, 1.807) is 0 Å². The van der Waals surface area contributed by atoms with Crippen molar-refractivity contribution in [3.63, 3.8) is 0 Å². The minimum Gasteiger partial charge on any atom is -0.412 e. The molecule has 0 heterocycles. The van der Waals surface area contributed by atoms with Gasteiger partial charge in [0, 0.05) is 0 Å². The van der Waals surface area contributed by atoms with E-state index in [0.29, 0.717) is 5.92 Å². The molecule has 0 spiro atoms. The van der Waals surface area contributed by atoms with Crippen molar-refractivity contribution < 1.29 is 4.43 Å². The molecule has 15 heavy (non-hydrogen) atoms. The van der Waals surface area contributed by atoms with E-state index in [4.69, 9.17) is 4.43 Å². The number of rotatable bonds is 6. The van der Waals surface area contributed by atoms with Gasteiger partial charge in [-0.3, -0.25) is 0 Å². The first-order chi connectivity index (χ1) is 6.68. The number of halogens is 1. The van der Waals surface area contributed by atoms with Crippen LogP contribution in [-0.4, -0.2) is 13.9 Å². The van der Waals surface area contributed by atoms with Crippen molar-refractivity contribution in [2.24, 2.45) is 5.92 Å². The molecule has 0 rings (SSSR count). The Morgan fingerprint density at radius 2 is 1.87 bits per heavy atom. The van der Waals surface area contributed by atoms with E-state index in [-0.39, 0.29) is 5.60 Å². The molecule has 0 aromatic carbocycles. The van der Waals surface area contributed by atoms with Crippen LogP contribution >= 0.6 is 22.6 Å². The zero-order chi connectivity index (χ0) is 12.1. The highest BCUT2D eigenvalue weighted by molar-refractivity contribution is 14.1. The van der Waals surface area contributed by atoms with Gasteiger partial charge >= 0.3 is 0 Å². The second-order valence-corrected chi connectivity index (χ2v) is 11.0. The fraction of sp³-hybridized carbons (Fsp3) is 0.833. The molecule has 0 aliphatic rings. The van der Waals surface area contributed by atoms with E-state index < -0.39 is 8.32 Å². The van der Waals surface area contributed by atoms with Gasteiger partial charge in [-0.05, 0) is 49.4 Å². The zero-order valence-corrected chi connectivity index (χ0v) is 14.1. The van der Waals surface area contributed by atoms with Crippen LogP contribution in [-0.2, 0) is 4.43 Å². The predicted octanol–water partition coefficient (Wildman–Crippen LogP) is 4.98. The lowest BCUT2D eigenvalue weighted by Gasteiger charge is -2.37. The minimum absolute atomic E-state index is 0.0281. The van der Waals surface area contributed by atoms with E-state index in [9.17, 15) is 0 Å². The molecule has 0 aromatic rings. The van der Waals surface area contributed by atoms with Crippen LogP contribution in [0.4, 0.5) is 0 Å². The summed E-state index contributed by atoms with van der Waals surface area (Å²) in [6.07, 6.45) is 4.37. The van der Waals surface area contributed by atoms with Crippen LogP contribution in [0.1, 0.15) is 33.6 Å². The highest BCUT2D eigenvalue weighted by Crippen LogP contribution is 2.29. The first-order valence-corrected chi connectivity index (χ1v) is 10.3. The molecule has 0 amide bonds. The molecular formula is C12H25IOSi. The maximum atomic E-state index is 6.32. The summed E-state index contributed by atoms with van der Waals surface area (Å²) < 4.78 is 8.41. The van der Waals surface area contributed by atoms with Crippen molar-refractivity contribution in [3.8, 4) is 0 Å². The molecule has 0 aliphatic carbocycles. The van der Waals surface area contributed by atoms with Crippen LogP contribution in [0.3, 0.4) is 0 Å². The number of hydrogen-bond acceptors (Lipinski definition) is 1.